The van der Waals surface area contributed by atoms with Gasteiger partial charge < -0.3 is 16.2 Å². The van der Waals surface area contributed by atoms with E-state index in [1.165, 1.54) is 12.3 Å². The van der Waals surface area contributed by atoms with Gasteiger partial charge in [-0.2, -0.15) is 0 Å². The highest BCUT2D eigenvalue weighted by molar-refractivity contribution is 7.88. The van der Waals surface area contributed by atoms with E-state index in [9.17, 15) is 22.3 Å². The van der Waals surface area contributed by atoms with Gasteiger partial charge in [-0.15, -0.1) is 0 Å². The molecule has 1 aromatic rings. The van der Waals surface area contributed by atoms with Crippen LogP contribution in [0.3, 0.4) is 0 Å². The van der Waals surface area contributed by atoms with Crippen molar-refractivity contribution in [2.45, 2.75) is 63.6 Å². The van der Waals surface area contributed by atoms with Crippen molar-refractivity contribution < 1.29 is 22.3 Å². The second-order valence-corrected chi connectivity index (χ2v) is 10.2. The summed E-state index contributed by atoms with van der Waals surface area (Å²) in [7, 11) is -3.18. The first-order chi connectivity index (χ1) is 12.9. The van der Waals surface area contributed by atoms with Crippen molar-refractivity contribution in [3.8, 4) is 0 Å². The third-order valence-corrected chi connectivity index (χ3v) is 6.08. The highest BCUT2D eigenvalue weighted by Gasteiger charge is 2.29. The van der Waals surface area contributed by atoms with E-state index in [0.29, 0.717) is 5.92 Å². The standard InChI is InChI=1S/C19H31F2N3O3S/c1-19(2,10-12-4-6-13(7-5-12)24-28(3,26)27)23-11-16(25)14-8-9-15(20)18(22)17(14)21/h8-9,12-13,16,23-25H,4-7,10-11,22H2,1-3H3/t12?,13?,16-/m0/s1. The third kappa shape index (κ3) is 6.65. The first-order valence-corrected chi connectivity index (χ1v) is 11.4. The quantitative estimate of drug-likeness (QED) is 0.485. The van der Waals surface area contributed by atoms with Crippen molar-refractivity contribution in [3.63, 3.8) is 0 Å². The predicted octanol–water partition coefficient (Wildman–Crippen LogP) is 2.45. The van der Waals surface area contributed by atoms with Crippen molar-refractivity contribution >= 4 is 15.7 Å². The van der Waals surface area contributed by atoms with Crippen LogP contribution in [0.25, 0.3) is 0 Å². The molecule has 1 saturated carbocycles. The number of benzene rings is 1. The molecule has 1 fully saturated rings. The summed E-state index contributed by atoms with van der Waals surface area (Å²) in [6.45, 7) is 4.13. The average Bonchev–Trinajstić information content (AvgIpc) is 2.58. The minimum absolute atomic E-state index is 0.00365. The van der Waals surface area contributed by atoms with Gasteiger partial charge in [-0.3, -0.25) is 0 Å². The van der Waals surface area contributed by atoms with Crippen LogP contribution in [0.1, 0.15) is 57.6 Å². The van der Waals surface area contributed by atoms with Crippen molar-refractivity contribution in [1.82, 2.24) is 10.0 Å². The van der Waals surface area contributed by atoms with E-state index in [4.69, 9.17) is 5.73 Å². The van der Waals surface area contributed by atoms with Crippen molar-refractivity contribution in [1.29, 1.82) is 0 Å². The van der Waals surface area contributed by atoms with Crippen molar-refractivity contribution in [2.75, 3.05) is 18.5 Å². The summed E-state index contributed by atoms with van der Waals surface area (Å²) in [6, 6.07) is 2.25. The van der Waals surface area contributed by atoms with E-state index < -0.39 is 33.4 Å². The number of nitrogens with one attached hydrogen (secondary N) is 2. The number of β-amino-alcohol motifs (C(OH)–C–C–N with tert-alkyl or cyclic N) is 1. The van der Waals surface area contributed by atoms with Gasteiger partial charge in [-0.25, -0.2) is 21.9 Å². The van der Waals surface area contributed by atoms with Crippen LogP contribution in [0, 0.1) is 17.6 Å². The Morgan fingerprint density at radius 1 is 1.25 bits per heavy atom. The number of hydrogen-bond acceptors (Lipinski definition) is 5. The van der Waals surface area contributed by atoms with E-state index in [0.717, 1.165) is 38.2 Å². The zero-order chi connectivity index (χ0) is 21.1. The minimum Gasteiger partial charge on any atom is -0.394 e. The van der Waals surface area contributed by atoms with Crippen LogP contribution in [-0.2, 0) is 10.0 Å². The molecule has 1 aliphatic carbocycles. The molecule has 0 aromatic heterocycles. The fourth-order valence-electron chi connectivity index (χ4n) is 3.91. The van der Waals surface area contributed by atoms with Crippen LogP contribution >= 0.6 is 0 Å². The van der Waals surface area contributed by atoms with E-state index in [2.05, 4.69) is 10.0 Å². The summed E-state index contributed by atoms with van der Waals surface area (Å²) in [5.74, 6) is -1.33. The number of aliphatic hydroxyl groups is 1. The monoisotopic (exact) mass is 419 g/mol. The van der Waals surface area contributed by atoms with Gasteiger partial charge >= 0.3 is 0 Å². The summed E-state index contributed by atoms with van der Waals surface area (Å²) in [4.78, 5) is 0. The number of sulfonamides is 1. The fraction of sp³-hybridized carbons (Fsp3) is 0.684. The maximum atomic E-state index is 14.1. The van der Waals surface area contributed by atoms with E-state index >= 15 is 0 Å². The minimum atomic E-state index is -3.18. The molecule has 1 atom stereocenters. The van der Waals surface area contributed by atoms with Crippen LogP contribution in [0.5, 0.6) is 0 Å². The second-order valence-electron chi connectivity index (χ2n) is 8.46. The second kappa shape index (κ2) is 9.02. The summed E-state index contributed by atoms with van der Waals surface area (Å²) in [6.07, 6.45) is 4.33. The molecule has 160 valence electrons. The summed E-state index contributed by atoms with van der Waals surface area (Å²) >= 11 is 0. The number of anilines is 1. The van der Waals surface area contributed by atoms with Gasteiger partial charge in [-0.1, -0.05) is 6.07 Å². The summed E-state index contributed by atoms with van der Waals surface area (Å²) < 4.78 is 52.7. The molecule has 0 bridgehead atoms. The van der Waals surface area contributed by atoms with Gasteiger partial charge in [0.2, 0.25) is 10.0 Å². The van der Waals surface area contributed by atoms with Crippen molar-refractivity contribution in [3.05, 3.63) is 29.3 Å². The Labute approximate surface area is 165 Å². The van der Waals surface area contributed by atoms with Gasteiger partial charge in [0, 0.05) is 23.7 Å². The lowest BCUT2D eigenvalue weighted by Gasteiger charge is -2.35. The Bertz CT molecular complexity index is 779. The number of aliphatic hydroxyl groups excluding tert-OH is 1. The molecule has 0 amide bonds. The maximum Gasteiger partial charge on any atom is 0.208 e. The molecule has 2 rings (SSSR count). The lowest BCUT2D eigenvalue weighted by molar-refractivity contribution is 0.146. The van der Waals surface area contributed by atoms with Crippen LogP contribution in [0.15, 0.2) is 12.1 Å². The summed E-state index contributed by atoms with van der Waals surface area (Å²) in [5.41, 5.74) is 4.43. The molecular formula is C19H31F2N3O3S. The van der Waals surface area contributed by atoms with Crippen LogP contribution in [0.2, 0.25) is 0 Å². The van der Waals surface area contributed by atoms with Gasteiger partial charge in [0.25, 0.3) is 0 Å². The smallest absolute Gasteiger partial charge is 0.208 e. The van der Waals surface area contributed by atoms with Crippen molar-refractivity contribution in [2.24, 2.45) is 5.92 Å². The summed E-state index contributed by atoms with van der Waals surface area (Å²) in [5, 5.41) is 13.5. The molecule has 1 aromatic carbocycles. The zero-order valence-electron chi connectivity index (χ0n) is 16.6. The molecule has 0 unspecified atom stereocenters. The van der Waals surface area contributed by atoms with Crippen LogP contribution in [0.4, 0.5) is 14.5 Å². The molecule has 0 spiro atoms. The van der Waals surface area contributed by atoms with E-state index in [1.54, 1.807) is 0 Å². The lowest BCUT2D eigenvalue weighted by Crippen LogP contribution is -2.44. The Hall–Kier alpha value is -1.29. The van der Waals surface area contributed by atoms with Crippen LogP contribution in [-0.4, -0.2) is 37.9 Å². The normalized spacial score (nSPS) is 22.2. The molecule has 0 aliphatic heterocycles. The average molecular weight is 420 g/mol. The molecule has 0 saturated heterocycles. The Morgan fingerprint density at radius 3 is 2.43 bits per heavy atom. The number of halogens is 2. The number of nitrogen functional groups attached to an aromatic ring is 1. The highest BCUT2D eigenvalue weighted by atomic mass is 32.2. The largest absolute Gasteiger partial charge is 0.394 e. The van der Waals surface area contributed by atoms with Gasteiger partial charge in [-0.05, 0) is 57.9 Å². The molecule has 1 aliphatic rings. The third-order valence-electron chi connectivity index (χ3n) is 5.32. The zero-order valence-corrected chi connectivity index (χ0v) is 17.5. The molecule has 9 heteroatoms. The van der Waals surface area contributed by atoms with Crippen LogP contribution < -0.4 is 15.8 Å². The van der Waals surface area contributed by atoms with E-state index in [1.807, 2.05) is 13.8 Å². The molecular weight excluding hydrogens is 388 g/mol. The Balaban J connectivity index is 1.85. The SMILES string of the molecule is CC(C)(CC1CCC(NS(C)(=O)=O)CC1)NC[C@H](O)c1ccc(F)c(N)c1F. The molecule has 28 heavy (non-hydrogen) atoms. The topological polar surface area (TPSA) is 104 Å². The highest BCUT2D eigenvalue weighted by Crippen LogP contribution is 2.31. The number of hydrogen-bond donors (Lipinski definition) is 4. The first-order valence-electron chi connectivity index (χ1n) is 9.52. The molecule has 6 nitrogen and oxygen atoms in total. The maximum absolute atomic E-state index is 14.1. The molecule has 5 N–H and O–H groups in total. The molecule has 0 radical (unpaired) electrons. The molecule has 0 heterocycles. The number of nitrogens with two attached hydrogens (primary N) is 1. The fourth-order valence-corrected chi connectivity index (χ4v) is 4.75. The van der Waals surface area contributed by atoms with Gasteiger partial charge in [0.1, 0.15) is 11.5 Å². The first kappa shape index (κ1) is 23.0. The van der Waals surface area contributed by atoms with Gasteiger partial charge in [0.15, 0.2) is 5.82 Å². The predicted molar refractivity (Wildman–Crippen MR) is 106 cm³/mol. The number of rotatable bonds is 8. The van der Waals surface area contributed by atoms with Gasteiger partial charge in [0.05, 0.1) is 12.4 Å². The Morgan fingerprint density at radius 2 is 1.86 bits per heavy atom. The Kier molecular flexibility index (Phi) is 7.41. The lowest BCUT2D eigenvalue weighted by atomic mass is 9.79. The van der Waals surface area contributed by atoms with E-state index in [-0.39, 0.29) is 23.7 Å².